The second-order valence-corrected chi connectivity index (χ2v) is 6.51. The lowest BCUT2D eigenvalue weighted by Gasteiger charge is -2.24. The molecule has 1 aliphatic heterocycles. The van der Waals surface area contributed by atoms with E-state index in [4.69, 9.17) is 4.74 Å². The third-order valence-electron chi connectivity index (χ3n) is 4.07. The van der Waals surface area contributed by atoms with Gasteiger partial charge < -0.3 is 20.1 Å². The van der Waals surface area contributed by atoms with E-state index in [0.717, 1.165) is 24.9 Å². The van der Waals surface area contributed by atoms with Gasteiger partial charge in [-0.1, -0.05) is 12.1 Å². The first-order chi connectivity index (χ1) is 11.2. The number of methoxy groups -OCH3 is 1. The molecule has 2 heterocycles. The van der Waals surface area contributed by atoms with E-state index < -0.39 is 0 Å². The molecule has 1 atom stereocenters. The second kappa shape index (κ2) is 6.91. The third-order valence-corrected chi connectivity index (χ3v) is 5.05. The van der Waals surface area contributed by atoms with Crippen LogP contribution in [0, 0.1) is 0 Å². The molecule has 0 spiro atoms. The van der Waals surface area contributed by atoms with Crippen molar-refractivity contribution in [3.63, 3.8) is 0 Å². The molecule has 23 heavy (non-hydrogen) atoms. The van der Waals surface area contributed by atoms with Crippen LogP contribution in [-0.2, 0) is 6.54 Å². The lowest BCUT2D eigenvalue weighted by Crippen LogP contribution is -2.38. The molecule has 0 bridgehead atoms. The van der Waals surface area contributed by atoms with Gasteiger partial charge in [0.1, 0.15) is 0 Å². The van der Waals surface area contributed by atoms with E-state index in [2.05, 4.69) is 11.4 Å². The Bertz CT molecular complexity index is 672. The predicted molar refractivity (Wildman–Crippen MR) is 89.9 cm³/mol. The number of urea groups is 1. The molecule has 1 aromatic heterocycles. The first kappa shape index (κ1) is 15.7. The van der Waals surface area contributed by atoms with Crippen LogP contribution in [0.25, 0.3) is 0 Å². The summed E-state index contributed by atoms with van der Waals surface area (Å²) >= 11 is 1.69. The number of likely N-dealkylation sites (tertiary alicyclic amines) is 1. The van der Waals surface area contributed by atoms with Gasteiger partial charge >= 0.3 is 6.03 Å². The molecule has 2 N–H and O–H groups in total. The molecule has 1 aliphatic rings. The molecule has 0 unspecified atom stereocenters. The van der Waals surface area contributed by atoms with Gasteiger partial charge in [0.15, 0.2) is 11.5 Å². The molecule has 2 aromatic rings. The molecule has 122 valence electrons. The fraction of sp³-hybridized carbons (Fsp3) is 0.353. The summed E-state index contributed by atoms with van der Waals surface area (Å²) in [7, 11) is 1.51. The third kappa shape index (κ3) is 3.42. The van der Waals surface area contributed by atoms with Crippen molar-refractivity contribution in [3.8, 4) is 11.5 Å². The van der Waals surface area contributed by atoms with Crippen LogP contribution in [0.15, 0.2) is 35.7 Å². The number of phenolic OH excluding ortho intramolecular Hbond substituents is 1. The fourth-order valence-corrected chi connectivity index (χ4v) is 3.78. The first-order valence-electron chi connectivity index (χ1n) is 7.63. The molecule has 3 rings (SSSR count). The topological polar surface area (TPSA) is 61.8 Å². The standard InChI is InChI=1S/C17H20N2O3S/c1-22-15-7-6-12(10-14(15)20)11-18-17(21)19-8-2-4-13(19)16-5-3-9-23-16/h3,5-7,9-10,13,20H,2,4,8,11H2,1H3,(H,18,21)/t13-/m0/s1. The van der Waals surface area contributed by atoms with Crippen LogP contribution in [0.3, 0.4) is 0 Å². The first-order valence-corrected chi connectivity index (χ1v) is 8.51. The van der Waals surface area contributed by atoms with Gasteiger partial charge in [0.2, 0.25) is 0 Å². The molecule has 0 radical (unpaired) electrons. The summed E-state index contributed by atoms with van der Waals surface area (Å²) in [6, 6.07) is 9.37. The fourth-order valence-electron chi connectivity index (χ4n) is 2.91. The Kier molecular flexibility index (Phi) is 4.71. The van der Waals surface area contributed by atoms with Gasteiger partial charge in [-0.25, -0.2) is 4.79 Å². The van der Waals surface area contributed by atoms with Crippen molar-refractivity contribution in [2.75, 3.05) is 13.7 Å². The summed E-state index contributed by atoms with van der Waals surface area (Å²) in [5.74, 6) is 0.509. The number of nitrogens with zero attached hydrogens (tertiary/aromatic N) is 1. The number of ether oxygens (including phenoxy) is 1. The average molecular weight is 332 g/mol. The van der Waals surface area contributed by atoms with Gasteiger partial charge in [0, 0.05) is 18.0 Å². The highest BCUT2D eigenvalue weighted by Crippen LogP contribution is 2.34. The zero-order valence-electron chi connectivity index (χ0n) is 13.0. The van der Waals surface area contributed by atoms with Crippen molar-refractivity contribution < 1.29 is 14.6 Å². The summed E-state index contributed by atoms with van der Waals surface area (Å²) in [5.41, 5.74) is 0.837. The quantitative estimate of drug-likeness (QED) is 0.901. The average Bonchev–Trinajstić information content (AvgIpc) is 3.23. The van der Waals surface area contributed by atoms with Gasteiger partial charge in [-0.05, 0) is 42.0 Å². The van der Waals surface area contributed by atoms with Gasteiger partial charge in [0.25, 0.3) is 0 Å². The monoisotopic (exact) mass is 332 g/mol. The molecular formula is C17H20N2O3S. The summed E-state index contributed by atoms with van der Waals surface area (Å²) in [4.78, 5) is 15.6. The Morgan fingerprint density at radius 2 is 2.35 bits per heavy atom. The maximum absolute atomic E-state index is 12.5. The molecule has 1 aromatic carbocycles. The number of carbonyl (C=O) groups excluding carboxylic acids is 1. The van der Waals surface area contributed by atoms with Crippen LogP contribution < -0.4 is 10.1 Å². The minimum atomic E-state index is -0.0591. The van der Waals surface area contributed by atoms with E-state index in [-0.39, 0.29) is 17.8 Å². The van der Waals surface area contributed by atoms with Crippen molar-refractivity contribution >= 4 is 17.4 Å². The van der Waals surface area contributed by atoms with Crippen LogP contribution in [0.1, 0.15) is 29.3 Å². The number of nitrogens with one attached hydrogen (secondary N) is 1. The van der Waals surface area contributed by atoms with Crippen molar-refractivity contribution in [1.29, 1.82) is 0 Å². The molecule has 0 saturated carbocycles. The number of aromatic hydroxyl groups is 1. The highest BCUT2D eigenvalue weighted by atomic mass is 32.1. The van der Waals surface area contributed by atoms with Crippen molar-refractivity contribution in [3.05, 3.63) is 46.2 Å². The SMILES string of the molecule is COc1ccc(CNC(=O)N2CCC[C@H]2c2cccs2)cc1O. The molecule has 6 heteroatoms. The van der Waals surface area contributed by atoms with E-state index in [1.807, 2.05) is 22.4 Å². The Balaban J connectivity index is 1.62. The van der Waals surface area contributed by atoms with E-state index in [9.17, 15) is 9.90 Å². The number of amides is 2. The van der Waals surface area contributed by atoms with Gasteiger partial charge in [0.05, 0.1) is 13.2 Å². The maximum atomic E-state index is 12.5. The summed E-state index contributed by atoms with van der Waals surface area (Å²) in [5, 5.41) is 14.8. The van der Waals surface area contributed by atoms with E-state index in [1.165, 1.54) is 12.0 Å². The summed E-state index contributed by atoms with van der Waals surface area (Å²) < 4.78 is 5.02. The summed E-state index contributed by atoms with van der Waals surface area (Å²) in [6.45, 7) is 1.16. The lowest BCUT2D eigenvalue weighted by atomic mass is 10.2. The zero-order valence-corrected chi connectivity index (χ0v) is 13.8. The molecule has 2 amide bonds. The number of phenols is 1. The lowest BCUT2D eigenvalue weighted by molar-refractivity contribution is 0.193. The van der Waals surface area contributed by atoms with E-state index >= 15 is 0 Å². The Hall–Kier alpha value is -2.21. The van der Waals surface area contributed by atoms with E-state index in [0.29, 0.717) is 12.3 Å². The summed E-state index contributed by atoms with van der Waals surface area (Å²) in [6.07, 6.45) is 2.04. The van der Waals surface area contributed by atoms with E-state index in [1.54, 1.807) is 23.5 Å². The molecular weight excluding hydrogens is 312 g/mol. The van der Waals surface area contributed by atoms with Crippen LogP contribution in [0.4, 0.5) is 4.79 Å². The van der Waals surface area contributed by atoms with Crippen LogP contribution in [-0.4, -0.2) is 29.7 Å². The Labute approximate surface area is 139 Å². The number of carbonyl (C=O) groups is 1. The van der Waals surface area contributed by atoms with Crippen molar-refractivity contribution in [1.82, 2.24) is 10.2 Å². The number of thiophene rings is 1. The number of benzene rings is 1. The van der Waals surface area contributed by atoms with Gasteiger partial charge in [-0.3, -0.25) is 0 Å². The smallest absolute Gasteiger partial charge is 0.318 e. The molecule has 0 aliphatic carbocycles. The highest BCUT2D eigenvalue weighted by Gasteiger charge is 2.30. The van der Waals surface area contributed by atoms with Crippen LogP contribution in [0.5, 0.6) is 11.5 Å². The van der Waals surface area contributed by atoms with Gasteiger partial charge in [-0.15, -0.1) is 11.3 Å². The second-order valence-electron chi connectivity index (χ2n) is 5.53. The van der Waals surface area contributed by atoms with Crippen LogP contribution in [0.2, 0.25) is 0 Å². The van der Waals surface area contributed by atoms with Crippen LogP contribution >= 0.6 is 11.3 Å². The molecule has 1 fully saturated rings. The van der Waals surface area contributed by atoms with Crippen molar-refractivity contribution in [2.45, 2.75) is 25.4 Å². The van der Waals surface area contributed by atoms with Gasteiger partial charge in [-0.2, -0.15) is 0 Å². The largest absolute Gasteiger partial charge is 0.504 e. The number of hydrogen-bond donors (Lipinski definition) is 2. The minimum absolute atomic E-state index is 0.0591. The maximum Gasteiger partial charge on any atom is 0.318 e. The molecule has 5 nitrogen and oxygen atoms in total. The minimum Gasteiger partial charge on any atom is -0.504 e. The number of rotatable bonds is 4. The highest BCUT2D eigenvalue weighted by molar-refractivity contribution is 7.10. The zero-order chi connectivity index (χ0) is 16.2. The Morgan fingerprint density at radius 1 is 1.48 bits per heavy atom. The Morgan fingerprint density at radius 3 is 3.04 bits per heavy atom. The predicted octanol–water partition coefficient (Wildman–Crippen LogP) is 3.51. The normalized spacial score (nSPS) is 17.3. The molecule has 1 saturated heterocycles. The number of hydrogen-bond acceptors (Lipinski definition) is 4. The van der Waals surface area contributed by atoms with Crippen molar-refractivity contribution in [2.24, 2.45) is 0 Å².